The number of aromatic hydroxyl groups is 1. The molecule has 3 heteroatoms. The molecule has 0 atom stereocenters. The Morgan fingerprint density at radius 2 is 1.69 bits per heavy atom. The van der Waals surface area contributed by atoms with Gasteiger partial charge in [-0.3, -0.25) is 4.79 Å². The fourth-order valence-electron chi connectivity index (χ4n) is 1.98. The normalized spacial score (nSPS) is 11.0. The molecule has 3 aromatic rings. The van der Waals surface area contributed by atoms with Crippen LogP contribution in [0.2, 0.25) is 0 Å². The third kappa shape index (κ3) is 1.18. The van der Waals surface area contributed by atoms with Crippen LogP contribution >= 0.6 is 0 Å². The summed E-state index contributed by atoms with van der Waals surface area (Å²) in [5.41, 5.74) is 2.55. The van der Waals surface area contributed by atoms with Gasteiger partial charge in [0.25, 0.3) is 0 Å². The van der Waals surface area contributed by atoms with Crippen LogP contribution in [0.3, 0.4) is 0 Å². The molecule has 0 aliphatic rings. The van der Waals surface area contributed by atoms with E-state index in [-0.39, 0.29) is 5.75 Å². The smallest absolute Gasteiger partial charge is 0.150 e. The van der Waals surface area contributed by atoms with Gasteiger partial charge in [-0.25, -0.2) is 0 Å². The zero-order chi connectivity index (χ0) is 11.1. The summed E-state index contributed by atoms with van der Waals surface area (Å²) in [7, 11) is 0. The van der Waals surface area contributed by atoms with Crippen LogP contribution in [0.15, 0.2) is 36.4 Å². The Bertz CT molecular complexity index is 698. The molecule has 78 valence electrons. The van der Waals surface area contributed by atoms with Gasteiger partial charge in [0.2, 0.25) is 0 Å². The third-order valence-corrected chi connectivity index (χ3v) is 2.74. The summed E-state index contributed by atoms with van der Waals surface area (Å²) in [6, 6.07) is 10.6. The maximum atomic E-state index is 10.7. The summed E-state index contributed by atoms with van der Waals surface area (Å²) in [4.78, 5) is 13.9. The predicted octanol–water partition coefficient (Wildman–Crippen LogP) is 2.84. The zero-order valence-electron chi connectivity index (χ0n) is 8.40. The molecule has 2 aromatic carbocycles. The summed E-state index contributed by atoms with van der Waals surface area (Å²) < 4.78 is 0. The van der Waals surface area contributed by atoms with Crippen molar-refractivity contribution in [2.45, 2.75) is 0 Å². The van der Waals surface area contributed by atoms with Gasteiger partial charge in [0, 0.05) is 27.4 Å². The van der Waals surface area contributed by atoms with E-state index in [0.717, 1.165) is 28.1 Å². The lowest BCUT2D eigenvalue weighted by atomic mass is 10.1. The molecule has 0 aliphatic heterocycles. The molecule has 0 aliphatic carbocycles. The quantitative estimate of drug-likeness (QED) is 0.608. The highest BCUT2D eigenvalue weighted by Gasteiger charge is 2.05. The highest BCUT2D eigenvalue weighted by atomic mass is 16.3. The van der Waals surface area contributed by atoms with Gasteiger partial charge in [-0.1, -0.05) is 0 Å². The summed E-state index contributed by atoms with van der Waals surface area (Å²) in [5.74, 6) is 0.227. The number of fused-ring (bicyclic) bond motifs is 3. The van der Waals surface area contributed by atoms with Gasteiger partial charge >= 0.3 is 0 Å². The molecule has 0 saturated heterocycles. The molecule has 16 heavy (non-hydrogen) atoms. The van der Waals surface area contributed by atoms with E-state index in [4.69, 9.17) is 0 Å². The molecule has 1 heterocycles. The van der Waals surface area contributed by atoms with Gasteiger partial charge in [-0.2, -0.15) is 0 Å². The largest absolute Gasteiger partial charge is 0.508 e. The van der Waals surface area contributed by atoms with E-state index in [1.165, 1.54) is 0 Å². The highest BCUT2D eigenvalue weighted by Crippen LogP contribution is 2.28. The molecule has 0 amide bonds. The molecule has 0 radical (unpaired) electrons. The second-order valence-corrected chi connectivity index (χ2v) is 3.78. The SMILES string of the molecule is O=Cc1ccc2[nH]c3ccc(O)cc3c2c1. The van der Waals surface area contributed by atoms with E-state index in [9.17, 15) is 9.90 Å². The number of phenols is 1. The summed E-state index contributed by atoms with van der Waals surface area (Å²) >= 11 is 0. The molecule has 3 rings (SSSR count). The molecule has 0 unspecified atom stereocenters. The monoisotopic (exact) mass is 211 g/mol. The van der Waals surface area contributed by atoms with E-state index < -0.39 is 0 Å². The Labute approximate surface area is 91.3 Å². The fourth-order valence-corrected chi connectivity index (χ4v) is 1.98. The van der Waals surface area contributed by atoms with Crippen LogP contribution in [-0.4, -0.2) is 16.4 Å². The molecule has 2 N–H and O–H groups in total. The standard InChI is InChI=1S/C13H9NO2/c15-7-8-1-3-12-10(5-8)11-6-9(16)2-4-13(11)14-12/h1-7,14,16H. The Hall–Kier alpha value is -2.29. The number of hydrogen-bond donors (Lipinski definition) is 2. The Morgan fingerprint density at radius 1 is 1.00 bits per heavy atom. The van der Waals surface area contributed by atoms with Crippen molar-refractivity contribution < 1.29 is 9.90 Å². The van der Waals surface area contributed by atoms with Crippen LogP contribution in [0, 0.1) is 0 Å². The number of benzene rings is 2. The van der Waals surface area contributed by atoms with Crippen molar-refractivity contribution >= 4 is 28.1 Å². The van der Waals surface area contributed by atoms with Crippen molar-refractivity contribution in [3.63, 3.8) is 0 Å². The average molecular weight is 211 g/mol. The number of aldehydes is 1. The predicted molar refractivity (Wildman–Crippen MR) is 62.9 cm³/mol. The molecule has 0 bridgehead atoms. The van der Waals surface area contributed by atoms with E-state index in [2.05, 4.69) is 4.98 Å². The number of nitrogens with one attached hydrogen (secondary N) is 1. The number of carbonyl (C=O) groups is 1. The van der Waals surface area contributed by atoms with Gasteiger partial charge in [0.05, 0.1) is 0 Å². The molecule has 0 fully saturated rings. The van der Waals surface area contributed by atoms with E-state index >= 15 is 0 Å². The summed E-state index contributed by atoms with van der Waals surface area (Å²) in [5, 5.41) is 11.3. The molecule has 1 aromatic heterocycles. The van der Waals surface area contributed by atoms with Crippen molar-refractivity contribution in [2.75, 3.05) is 0 Å². The topological polar surface area (TPSA) is 53.1 Å². The molecule has 0 saturated carbocycles. The first kappa shape index (κ1) is 8.97. The lowest BCUT2D eigenvalue weighted by molar-refractivity contribution is 0.112. The van der Waals surface area contributed by atoms with Crippen molar-refractivity contribution in [1.29, 1.82) is 0 Å². The van der Waals surface area contributed by atoms with Crippen molar-refractivity contribution in [1.82, 2.24) is 4.98 Å². The maximum absolute atomic E-state index is 10.7. The minimum atomic E-state index is 0.227. The number of rotatable bonds is 1. The third-order valence-electron chi connectivity index (χ3n) is 2.74. The number of aromatic nitrogens is 1. The van der Waals surface area contributed by atoms with Crippen LogP contribution < -0.4 is 0 Å². The van der Waals surface area contributed by atoms with E-state index in [1.807, 2.05) is 18.2 Å². The van der Waals surface area contributed by atoms with Crippen LogP contribution in [0.4, 0.5) is 0 Å². The average Bonchev–Trinajstić information content (AvgIpc) is 2.66. The Morgan fingerprint density at radius 3 is 2.44 bits per heavy atom. The first-order chi connectivity index (χ1) is 7.78. The van der Waals surface area contributed by atoms with E-state index in [0.29, 0.717) is 5.56 Å². The number of H-pyrrole nitrogens is 1. The zero-order valence-corrected chi connectivity index (χ0v) is 8.40. The van der Waals surface area contributed by atoms with Crippen LogP contribution in [-0.2, 0) is 0 Å². The van der Waals surface area contributed by atoms with Crippen LogP contribution in [0.5, 0.6) is 5.75 Å². The van der Waals surface area contributed by atoms with Gasteiger partial charge in [-0.05, 0) is 36.4 Å². The van der Waals surface area contributed by atoms with Crippen LogP contribution in [0.25, 0.3) is 21.8 Å². The number of aromatic amines is 1. The Kier molecular flexibility index (Phi) is 1.74. The fraction of sp³-hybridized carbons (Fsp3) is 0. The second-order valence-electron chi connectivity index (χ2n) is 3.78. The number of hydrogen-bond acceptors (Lipinski definition) is 2. The van der Waals surface area contributed by atoms with Crippen molar-refractivity contribution in [2.24, 2.45) is 0 Å². The van der Waals surface area contributed by atoms with Gasteiger partial charge in [-0.15, -0.1) is 0 Å². The maximum Gasteiger partial charge on any atom is 0.150 e. The Balaban J connectivity index is 2.49. The van der Waals surface area contributed by atoms with Gasteiger partial charge in [0.15, 0.2) is 0 Å². The molecule has 3 nitrogen and oxygen atoms in total. The van der Waals surface area contributed by atoms with E-state index in [1.54, 1.807) is 18.2 Å². The van der Waals surface area contributed by atoms with Crippen molar-refractivity contribution in [3.8, 4) is 5.75 Å². The minimum absolute atomic E-state index is 0.227. The van der Waals surface area contributed by atoms with Gasteiger partial charge in [0.1, 0.15) is 12.0 Å². The van der Waals surface area contributed by atoms with Gasteiger partial charge < -0.3 is 10.1 Å². The molecule has 0 spiro atoms. The molecular formula is C13H9NO2. The molecular weight excluding hydrogens is 202 g/mol. The first-order valence-electron chi connectivity index (χ1n) is 4.97. The summed E-state index contributed by atoms with van der Waals surface area (Å²) in [6.07, 6.45) is 0.821. The lowest BCUT2D eigenvalue weighted by Crippen LogP contribution is -1.77. The number of phenolic OH excluding ortho intramolecular Hbond substituents is 1. The highest BCUT2D eigenvalue weighted by molar-refractivity contribution is 6.08. The van der Waals surface area contributed by atoms with Crippen LogP contribution in [0.1, 0.15) is 10.4 Å². The first-order valence-corrected chi connectivity index (χ1v) is 4.97. The second kappa shape index (κ2) is 3.10. The summed E-state index contributed by atoms with van der Waals surface area (Å²) in [6.45, 7) is 0. The lowest BCUT2D eigenvalue weighted by Gasteiger charge is -1.93. The minimum Gasteiger partial charge on any atom is -0.508 e. The number of carbonyl (C=O) groups excluding carboxylic acids is 1. The van der Waals surface area contributed by atoms with Crippen molar-refractivity contribution in [3.05, 3.63) is 42.0 Å².